The summed E-state index contributed by atoms with van der Waals surface area (Å²) < 4.78 is 0. The molecule has 0 spiro atoms. The van der Waals surface area contributed by atoms with Gasteiger partial charge in [-0.05, 0) is 25.0 Å². The van der Waals surface area contributed by atoms with Crippen LogP contribution in [0.1, 0.15) is 11.4 Å². The molecule has 0 amide bonds. The maximum atomic E-state index is 8.36. The highest BCUT2D eigenvalue weighted by Gasteiger charge is 1.87. The predicted octanol–water partition coefficient (Wildman–Crippen LogP) is 0.129. The Morgan fingerprint density at radius 1 is 1.45 bits per heavy atom. The first-order chi connectivity index (χ1) is 5.33. The smallest absolute Gasteiger partial charge is 0.135 e. The Balaban J connectivity index is 2.82. The van der Waals surface area contributed by atoms with Crippen molar-refractivity contribution in [2.45, 2.75) is 6.92 Å². The number of aryl methyl sites for hydroxylation is 1. The summed E-state index contributed by atoms with van der Waals surface area (Å²) in [6, 6.07) is 3.60. The van der Waals surface area contributed by atoms with E-state index in [4.69, 9.17) is 5.11 Å². The molecule has 56 valence electrons. The minimum absolute atomic E-state index is 0.143. The second-order valence-electron chi connectivity index (χ2n) is 2.02. The highest BCUT2D eigenvalue weighted by molar-refractivity contribution is 5.26. The van der Waals surface area contributed by atoms with Crippen molar-refractivity contribution in [1.29, 1.82) is 0 Å². The molecule has 0 bridgehead atoms. The molecule has 0 aromatic carbocycles. The van der Waals surface area contributed by atoms with Crippen LogP contribution in [-0.4, -0.2) is 21.9 Å². The summed E-state index contributed by atoms with van der Waals surface area (Å²) >= 11 is 0. The molecule has 3 nitrogen and oxygen atoms in total. The van der Waals surface area contributed by atoms with Gasteiger partial charge in [0.1, 0.15) is 12.3 Å². The van der Waals surface area contributed by atoms with E-state index in [1.807, 2.05) is 13.0 Å². The lowest BCUT2D eigenvalue weighted by Gasteiger charge is -1.88. The van der Waals surface area contributed by atoms with Gasteiger partial charge in [0.15, 0.2) is 0 Å². The molecule has 1 N–H and O–H groups in total. The third-order valence-corrected chi connectivity index (χ3v) is 1.09. The van der Waals surface area contributed by atoms with Crippen molar-refractivity contribution in [1.82, 2.24) is 10.2 Å². The number of aliphatic hydroxyl groups is 1. The van der Waals surface area contributed by atoms with Crippen LogP contribution in [0.4, 0.5) is 0 Å². The highest BCUT2D eigenvalue weighted by Crippen LogP contribution is 1.91. The summed E-state index contributed by atoms with van der Waals surface area (Å²) in [6.45, 7) is 1.71. The molecule has 3 heteroatoms. The first kappa shape index (κ1) is 7.70. The molecule has 0 unspecified atom stereocenters. The Morgan fingerprint density at radius 3 is 2.82 bits per heavy atom. The maximum absolute atomic E-state index is 8.36. The molecule has 0 aliphatic rings. The van der Waals surface area contributed by atoms with Gasteiger partial charge < -0.3 is 5.11 Å². The fourth-order valence-corrected chi connectivity index (χ4v) is 0.596. The third kappa shape index (κ3) is 2.36. The Labute approximate surface area is 65.1 Å². The lowest BCUT2D eigenvalue weighted by molar-refractivity contribution is 0.350. The fraction of sp³-hybridized carbons (Fsp3) is 0.250. The Kier molecular flexibility index (Phi) is 2.59. The van der Waals surface area contributed by atoms with Gasteiger partial charge in [0, 0.05) is 0 Å². The zero-order chi connectivity index (χ0) is 8.10. The Bertz CT molecular complexity index is 281. The van der Waals surface area contributed by atoms with Gasteiger partial charge in [0.05, 0.1) is 5.69 Å². The van der Waals surface area contributed by atoms with E-state index in [1.54, 1.807) is 6.07 Å². The molecular weight excluding hydrogens is 140 g/mol. The quantitative estimate of drug-likeness (QED) is 0.532. The zero-order valence-corrected chi connectivity index (χ0v) is 6.20. The minimum Gasteiger partial charge on any atom is -0.384 e. The summed E-state index contributed by atoms with van der Waals surface area (Å²) in [7, 11) is 0. The van der Waals surface area contributed by atoms with Crippen LogP contribution in [-0.2, 0) is 0 Å². The van der Waals surface area contributed by atoms with Crippen molar-refractivity contribution in [3.63, 3.8) is 0 Å². The number of hydrogen-bond acceptors (Lipinski definition) is 3. The maximum Gasteiger partial charge on any atom is 0.135 e. The third-order valence-electron chi connectivity index (χ3n) is 1.09. The number of aromatic nitrogens is 2. The predicted molar refractivity (Wildman–Crippen MR) is 40.7 cm³/mol. The molecule has 11 heavy (non-hydrogen) atoms. The van der Waals surface area contributed by atoms with Gasteiger partial charge in [-0.15, -0.1) is 5.10 Å². The van der Waals surface area contributed by atoms with E-state index in [9.17, 15) is 0 Å². The van der Waals surface area contributed by atoms with E-state index < -0.39 is 0 Å². The average molecular weight is 148 g/mol. The highest BCUT2D eigenvalue weighted by atomic mass is 16.2. The SMILES string of the molecule is Cc1ccc(C#CCO)nn1. The molecule has 0 fully saturated rings. The normalized spacial score (nSPS) is 8.55. The van der Waals surface area contributed by atoms with E-state index in [1.165, 1.54) is 0 Å². The summed E-state index contributed by atoms with van der Waals surface area (Å²) in [5, 5.41) is 15.9. The molecule has 0 aliphatic carbocycles. The molecule has 1 aromatic heterocycles. The monoisotopic (exact) mass is 148 g/mol. The van der Waals surface area contributed by atoms with Gasteiger partial charge in [-0.2, -0.15) is 5.10 Å². The van der Waals surface area contributed by atoms with Crippen LogP contribution in [0.5, 0.6) is 0 Å². The molecule has 1 heterocycles. The number of hydrogen-bond donors (Lipinski definition) is 1. The standard InChI is InChI=1S/C8H8N2O/c1-7-4-5-8(10-9-7)3-2-6-11/h4-5,11H,6H2,1H3. The van der Waals surface area contributed by atoms with E-state index in [0.717, 1.165) is 5.69 Å². The second kappa shape index (κ2) is 3.69. The van der Waals surface area contributed by atoms with Crippen molar-refractivity contribution in [3.05, 3.63) is 23.5 Å². The lowest BCUT2D eigenvalue weighted by Crippen LogP contribution is -1.89. The average Bonchev–Trinajstić information content (AvgIpc) is 2.04. The largest absolute Gasteiger partial charge is 0.384 e. The van der Waals surface area contributed by atoms with Crippen molar-refractivity contribution < 1.29 is 5.11 Å². The van der Waals surface area contributed by atoms with Gasteiger partial charge in [-0.1, -0.05) is 5.92 Å². The van der Waals surface area contributed by atoms with Crippen molar-refractivity contribution in [2.75, 3.05) is 6.61 Å². The molecule has 0 saturated carbocycles. The summed E-state index contributed by atoms with van der Waals surface area (Å²) in [4.78, 5) is 0. The second-order valence-corrected chi connectivity index (χ2v) is 2.02. The van der Waals surface area contributed by atoms with Crippen LogP contribution in [0.15, 0.2) is 12.1 Å². The first-order valence-electron chi connectivity index (χ1n) is 3.23. The molecule has 1 rings (SSSR count). The van der Waals surface area contributed by atoms with Crippen molar-refractivity contribution in [3.8, 4) is 11.8 Å². The van der Waals surface area contributed by atoms with E-state index in [2.05, 4.69) is 22.0 Å². The zero-order valence-electron chi connectivity index (χ0n) is 6.20. The molecule has 0 atom stereocenters. The van der Waals surface area contributed by atoms with Crippen LogP contribution in [0.3, 0.4) is 0 Å². The van der Waals surface area contributed by atoms with Crippen LogP contribution in [0.2, 0.25) is 0 Å². The molecular formula is C8H8N2O. The topological polar surface area (TPSA) is 46.0 Å². The molecule has 0 aliphatic heterocycles. The van der Waals surface area contributed by atoms with E-state index in [0.29, 0.717) is 5.69 Å². The van der Waals surface area contributed by atoms with Gasteiger partial charge >= 0.3 is 0 Å². The van der Waals surface area contributed by atoms with Gasteiger partial charge in [-0.3, -0.25) is 0 Å². The Hall–Kier alpha value is -1.40. The number of rotatable bonds is 0. The molecule has 1 aromatic rings. The van der Waals surface area contributed by atoms with Gasteiger partial charge in [-0.25, -0.2) is 0 Å². The number of aliphatic hydroxyl groups excluding tert-OH is 1. The summed E-state index contributed by atoms with van der Waals surface area (Å²) in [5.74, 6) is 5.13. The minimum atomic E-state index is -0.143. The van der Waals surface area contributed by atoms with Crippen LogP contribution >= 0.6 is 0 Å². The lowest BCUT2D eigenvalue weighted by atomic mass is 10.3. The van der Waals surface area contributed by atoms with Crippen LogP contribution in [0, 0.1) is 18.8 Å². The number of nitrogens with zero attached hydrogens (tertiary/aromatic N) is 2. The fourth-order valence-electron chi connectivity index (χ4n) is 0.596. The van der Waals surface area contributed by atoms with Crippen LogP contribution < -0.4 is 0 Å². The van der Waals surface area contributed by atoms with Crippen LogP contribution in [0.25, 0.3) is 0 Å². The van der Waals surface area contributed by atoms with Crippen molar-refractivity contribution in [2.24, 2.45) is 0 Å². The first-order valence-corrected chi connectivity index (χ1v) is 3.23. The summed E-state index contributed by atoms with van der Waals surface area (Å²) in [6.07, 6.45) is 0. The van der Waals surface area contributed by atoms with Gasteiger partial charge in [0.2, 0.25) is 0 Å². The van der Waals surface area contributed by atoms with Gasteiger partial charge in [0.25, 0.3) is 0 Å². The molecule has 0 radical (unpaired) electrons. The molecule has 0 saturated heterocycles. The van der Waals surface area contributed by atoms with E-state index in [-0.39, 0.29) is 6.61 Å². The summed E-state index contributed by atoms with van der Waals surface area (Å²) in [5.41, 5.74) is 1.45. The van der Waals surface area contributed by atoms with Crippen molar-refractivity contribution >= 4 is 0 Å². The van der Waals surface area contributed by atoms with E-state index >= 15 is 0 Å². The Morgan fingerprint density at radius 2 is 2.27 bits per heavy atom.